The topological polar surface area (TPSA) is 63.2 Å². The molecule has 4 nitrogen and oxygen atoms in total. The molecule has 0 bridgehead atoms. The van der Waals surface area contributed by atoms with Crippen molar-refractivity contribution in [3.8, 4) is 0 Å². The molecule has 1 N–H and O–H groups in total. The predicted molar refractivity (Wildman–Crippen MR) is 75.8 cm³/mol. The quantitative estimate of drug-likeness (QED) is 0.783. The molecule has 1 aromatic rings. The number of Topliss-reactive ketones (excluding diaryl/α,β-unsaturated/α-hetero) is 1. The van der Waals surface area contributed by atoms with Crippen LogP contribution < -0.4 is 4.72 Å². The van der Waals surface area contributed by atoms with E-state index < -0.39 is 10.0 Å². The highest BCUT2D eigenvalue weighted by Gasteiger charge is 2.17. The molecule has 0 saturated heterocycles. The molecule has 0 aliphatic carbocycles. The Bertz CT molecular complexity index is 537. The molecular formula is C14H21NO3S. The lowest BCUT2D eigenvalue weighted by Crippen LogP contribution is -2.32. The highest BCUT2D eigenvalue weighted by Crippen LogP contribution is 2.13. The Kier molecular flexibility index (Phi) is 5.69. The Hall–Kier alpha value is -1.20. The number of sulfonamides is 1. The van der Waals surface area contributed by atoms with Crippen LogP contribution in [0.15, 0.2) is 29.2 Å². The number of carbonyl (C=O) groups is 1. The molecule has 0 aliphatic rings. The summed E-state index contributed by atoms with van der Waals surface area (Å²) in [5, 5.41) is 0. The van der Waals surface area contributed by atoms with E-state index in [1.165, 1.54) is 19.1 Å². The summed E-state index contributed by atoms with van der Waals surface area (Å²) in [4.78, 5) is 11.4. The van der Waals surface area contributed by atoms with Crippen LogP contribution in [0.5, 0.6) is 0 Å². The second kappa shape index (κ2) is 6.82. The molecule has 0 fully saturated rings. The number of hydrogen-bond donors (Lipinski definition) is 1. The van der Waals surface area contributed by atoms with Crippen LogP contribution in [0.2, 0.25) is 0 Å². The maximum Gasteiger partial charge on any atom is 0.240 e. The van der Waals surface area contributed by atoms with Crippen LogP contribution in [0.4, 0.5) is 0 Å². The largest absolute Gasteiger partial charge is 0.295 e. The molecule has 0 aliphatic heterocycles. The van der Waals surface area contributed by atoms with Gasteiger partial charge >= 0.3 is 0 Å². The molecule has 0 spiro atoms. The first kappa shape index (κ1) is 15.9. The highest BCUT2D eigenvalue weighted by molar-refractivity contribution is 7.89. The highest BCUT2D eigenvalue weighted by atomic mass is 32.2. The fourth-order valence-corrected chi connectivity index (χ4v) is 3.11. The number of ketones is 1. The van der Waals surface area contributed by atoms with Gasteiger partial charge in [0.05, 0.1) is 4.90 Å². The van der Waals surface area contributed by atoms with Crippen molar-refractivity contribution in [2.75, 3.05) is 0 Å². The van der Waals surface area contributed by atoms with E-state index in [9.17, 15) is 13.2 Å². The third-order valence-corrected chi connectivity index (χ3v) is 4.49. The molecule has 0 amide bonds. The van der Waals surface area contributed by atoms with Crippen molar-refractivity contribution in [1.29, 1.82) is 0 Å². The van der Waals surface area contributed by atoms with Crippen molar-refractivity contribution in [1.82, 2.24) is 4.72 Å². The minimum atomic E-state index is -3.55. The first-order valence-electron chi connectivity index (χ1n) is 6.50. The smallest absolute Gasteiger partial charge is 0.240 e. The van der Waals surface area contributed by atoms with Gasteiger partial charge in [0, 0.05) is 11.6 Å². The second-order valence-electron chi connectivity index (χ2n) is 4.75. The fourth-order valence-electron chi connectivity index (χ4n) is 1.78. The van der Waals surface area contributed by atoms with Gasteiger partial charge in [0.25, 0.3) is 0 Å². The predicted octanol–water partition coefficient (Wildman–Crippen LogP) is 2.75. The molecule has 1 rings (SSSR count). The summed E-state index contributed by atoms with van der Waals surface area (Å²) < 4.78 is 27.0. The Balaban J connectivity index is 2.88. The van der Waals surface area contributed by atoms with Crippen LogP contribution in [0, 0.1) is 0 Å². The maximum atomic E-state index is 12.2. The molecule has 1 atom stereocenters. The SMILES string of the molecule is CCCCC(C)NS(=O)(=O)c1cccc(C(C)=O)c1. The van der Waals surface area contributed by atoms with Crippen LogP contribution in [0.1, 0.15) is 50.4 Å². The number of carbonyl (C=O) groups excluding carboxylic acids is 1. The number of nitrogens with one attached hydrogen (secondary N) is 1. The lowest BCUT2D eigenvalue weighted by molar-refractivity contribution is 0.101. The van der Waals surface area contributed by atoms with E-state index >= 15 is 0 Å². The van der Waals surface area contributed by atoms with Gasteiger partial charge in [0.1, 0.15) is 0 Å². The first-order valence-corrected chi connectivity index (χ1v) is 7.98. The van der Waals surface area contributed by atoms with Gasteiger partial charge in [0.2, 0.25) is 10.0 Å². The van der Waals surface area contributed by atoms with Crippen LogP contribution in [-0.2, 0) is 10.0 Å². The minimum absolute atomic E-state index is 0.106. The maximum absolute atomic E-state index is 12.2. The van der Waals surface area contributed by atoms with Crippen molar-refractivity contribution in [2.24, 2.45) is 0 Å². The van der Waals surface area contributed by atoms with Gasteiger partial charge < -0.3 is 0 Å². The van der Waals surface area contributed by atoms with Gasteiger partial charge in [-0.3, -0.25) is 4.79 Å². The van der Waals surface area contributed by atoms with Crippen molar-refractivity contribution in [3.63, 3.8) is 0 Å². The van der Waals surface area contributed by atoms with Gasteiger partial charge in [-0.2, -0.15) is 0 Å². The zero-order valence-corrected chi connectivity index (χ0v) is 12.5. The molecule has 19 heavy (non-hydrogen) atoms. The van der Waals surface area contributed by atoms with E-state index in [2.05, 4.69) is 11.6 Å². The number of rotatable bonds is 7. The average molecular weight is 283 g/mol. The summed E-state index contributed by atoms with van der Waals surface area (Å²) in [5.41, 5.74) is 0.407. The van der Waals surface area contributed by atoms with E-state index in [0.29, 0.717) is 5.56 Å². The Morgan fingerprint density at radius 1 is 1.37 bits per heavy atom. The summed E-state index contributed by atoms with van der Waals surface area (Å²) in [5.74, 6) is -0.143. The van der Waals surface area contributed by atoms with Gasteiger partial charge in [-0.05, 0) is 32.4 Å². The standard InChI is InChI=1S/C14H21NO3S/c1-4-5-7-11(2)15-19(17,18)14-9-6-8-13(10-14)12(3)16/h6,8-11,15H,4-5,7H2,1-3H3. The number of benzene rings is 1. The molecule has 1 unspecified atom stereocenters. The lowest BCUT2D eigenvalue weighted by Gasteiger charge is -2.14. The van der Waals surface area contributed by atoms with Crippen molar-refractivity contribution < 1.29 is 13.2 Å². The van der Waals surface area contributed by atoms with Crippen LogP contribution in [0.25, 0.3) is 0 Å². The van der Waals surface area contributed by atoms with Crippen LogP contribution in [-0.4, -0.2) is 20.2 Å². The summed E-state index contributed by atoms with van der Waals surface area (Å²) >= 11 is 0. The third kappa shape index (κ3) is 4.76. The molecular weight excluding hydrogens is 262 g/mol. The monoisotopic (exact) mass is 283 g/mol. The fraction of sp³-hybridized carbons (Fsp3) is 0.500. The molecule has 1 aromatic carbocycles. The van der Waals surface area contributed by atoms with Crippen molar-refractivity contribution >= 4 is 15.8 Å². The average Bonchev–Trinajstić information content (AvgIpc) is 2.36. The van der Waals surface area contributed by atoms with E-state index in [0.717, 1.165) is 19.3 Å². The Morgan fingerprint density at radius 2 is 2.05 bits per heavy atom. The molecule has 0 saturated carbocycles. The zero-order chi connectivity index (χ0) is 14.5. The van der Waals surface area contributed by atoms with Gasteiger partial charge in [-0.1, -0.05) is 31.9 Å². The Labute approximate surface area is 115 Å². The number of unbranched alkanes of at least 4 members (excludes halogenated alkanes) is 1. The van der Waals surface area contributed by atoms with Crippen LogP contribution in [0.3, 0.4) is 0 Å². The van der Waals surface area contributed by atoms with Gasteiger partial charge in [-0.25, -0.2) is 13.1 Å². The van der Waals surface area contributed by atoms with Crippen molar-refractivity contribution in [3.05, 3.63) is 29.8 Å². The zero-order valence-electron chi connectivity index (χ0n) is 11.6. The van der Waals surface area contributed by atoms with E-state index in [1.807, 2.05) is 6.92 Å². The first-order chi connectivity index (χ1) is 8.86. The van der Waals surface area contributed by atoms with E-state index in [1.54, 1.807) is 12.1 Å². The summed E-state index contributed by atoms with van der Waals surface area (Å²) in [6.07, 6.45) is 2.82. The molecule has 5 heteroatoms. The molecule has 0 radical (unpaired) electrons. The van der Waals surface area contributed by atoms with Gasteiger partial charge in [-0.15, -0.1) is 0 Å². The lowest BCUT2D eigenvalue weighted by atomic mass is 10.2. The summed E-state index contributed by atoms with van der Waals surface area (Å²) in [6, 6.07) is 6.01. The third-order valence-electron chi connectivity index (χ3n) is 2.90. The normalized spacial score (nSPS) is 13.2. The van der Waals surface area contributed by atoms with E-state index in [4.69, 9.17) is 0 Å². The van der Waals surface area contributed by atoms with Crippen LogP contribution >= 0.6 is 0 Å². The number of hydrogen-bond acceptors (Lipinski definition) is 3. The molecule has 0 heterocycles. The summed E-state index contributed by atoms with van der Waals surface area (Å²) in [7, 11) is -3.55. The molecule has 0 aromatic heterocycles. The minimum Gasteiger partial charge on any atom is -0.295 e. The van der Waals surface area contributed by atoms with E-state index in [-0.39, 0.29) is 16.7 Å². The molecule has 106 valence electrons. The Morgan fingerprint density at radius 3 is 2.63 bits per heavy atom. The van der Waals surface area contributed by atoms with Crippen molar-refractivity contribution in [2.45, 2.75) is 51.0 Å². The summed E-state index contributed by atoms with van der Waals surface area (Å²) in [6.45, 7) is 5.34. The second-order valence-corrected chi connectivity index (χ2v) is 6.46. The van der Waals surface area contributed by atoms with Gasteiger partial charge in [0.15, 0.2) is 5.78 Å².